The van der Waals surface area contributed by atoms with Crippen LogP contribution in [0.3, 0.4) is 0 Å². The number of aromatic carboxylic acids is 4. The number of benzene rings is 4. The van der Waals surface area contributed by atoms with Crippen LogP contribution in [0.15, 0.2) is 110 Å². The van der Waals surface area contributed by atoms with Crippen LogP contribution in [0, 0.1) is 0 Å². The third-order valence-electron chi connectivity index (χ3n) is 8.13. The van der Waals surface area contributed by atoms with Crippen LogP contribution in [0.2, 0.25) is 0 Å². The van der Waals surface area contributed by atoms with E-state index < -0.39 is 35.7 Å². The van der Waals surface area contributed by atoms with Crippen LogP contribution in [0.4, 0.5) is 0 Å². The molecule has 6 aromatic rings. The third-order valence-corrected chi connectivity index (χ3v) is 8.13. The topological polar surface area (TPSA) is 175 Å². The predicted molar refractivity (Wildman–Crippen MR) is 168 cm³/mol. The summed E-state index contributed by atoms with van der Waals surface area (Å²) in [4.78, 5) is 59.9. The molecule has 0 aliphatic carbocycles. The van der Waals surface area contributed by atoms with E-state index in [0.717, 1.165) is 0 Å². The zero-order valence-corrected chi connectivity index (χ0v) is 27.5. The molecule has 2 heterocycles. The fourth-order valence-corrected chi connectivity index (χ4v) is 6.34. The van der Waals surface area contributed by atoms with E-state index in [0.29, 0.717) is 11.1 Å². The Morgan fingerprint density at radius 3 is 1.15 bits per heavy atom. The summed E-state index contributed by atoms with van der Waals surface area (Å²) >= 11 is 0. The number of hydrogen-bond donors (Lipinski definition) is 4. The van der Waals surface area contributed by atoms with Gasteiger partial charge < -0.3 is 20.4 Å². The molecule has 228 valence electrons. The second kappa shape index (κ2) is 13.3. The van der Waals surface area contributed by atoms with Gasteiger partial charge in [0.2, 0.25) is 0 Å². The molecule has 2 aromatic heterocycles. The zero-order chi connectivity index (χ0) is 32.5. The summed E-state index contributed by atoms with van der Waals surface area (Å²) in [5, 5.41) is 42.7. The van der Waals surface area contributed by atoms with E-state index in [2.05, 4.69) is 9.97 Å². The maximum absolute atomic E-state index is 13.1. The molecule has 0 aliphatic rings. The molecule has 0 fully saturated rings. The largest absolute Gasteiger partial charge is 0.478 e. The summed E-state index contributed by atoms with van der Waals surface area (Å²) in [5.41, 5.74) is 0.353. The van der Waals surface area contributed by atoms with Crippen molar-refractivity contribution in [3.8, 4) is 0 Å². The average molecular weight is 678 g/mol. The van der Waals surface area contributed by atoms with Crippen LogP contribution in [0.25, 0.3) is 21.5 Å². The number of carboxylic acids is 4. The Morgan fingerprint density at radius 1 is 0.489 bits per heavy atom. The summed E-state index contributed by atoms with van der Waals surface area (Å²) in [5.74, 6) is -7.39. The first-order valence-corrected chi connectivity index (χ1v) is 14.0. The van der Waals surface area contributed by atoms with E-state index in [4.69, 9.17) is 0 Å². The minimum atomic E-state index is -1.33. The van der Waals surface area contributed by atoms with Crippen molar-refractivity contribution in [2.24, 2.45) is 0 Å². The predicted octanol–water partition coefficient (Wildman–Crippen LogP) is 6.54. The minimum absolute atomic E-state index is 0. The zero-order valence-electron chi connectivity index (χ0n) is 24.6. The van der Waals surface area contributed by atoms with Crippen molar-refractivity contribution in [3.05, 3.63) is 154 Å². The van der Waals surface area contributed by atoms with Crippen LogP contribution < -0.4 is 0 Å². The van der Waals surface area contributed by atoms with Gasteiger partial charge in [-0.2, -0.15) is 0 Å². The number of aromatic nitrogens is 2. The van der Waals surface area contributed by atoms with Gasteiger partial charge >= 0.3 is 23.9 Å². The van der Waals surface area contributed by atoms with Crippen molar-refractivity contribution in [3.63, 3.8) is 0 Å². The Morgan fingerprint density at radius 2 is 0.851 bits per heavy atom. The SMILES string of the molecule is O=C(O)c1cc(C(c2cccnc2)C(c2cccnc2)c2cc(C(=O)O)c3ccccc3c2C(=O)O)c(C(=O)O)c2ccccc12.[Zn]. The van der Waals surface area contributed by atoms with E-state index in [9.17, 15) is 39.6 Å². The Hall–Kier alpha value is -5.80. The van der Waals surface area contributed by atoms with E-state index >= 15 is 0 Å². The molecule has 0 aliphatic heterocycles. The first kappa shape index (κ1) is 32.6. The maximum Gasteiger partial charge on any atom is 0.336 e. The molecule has 0 radical (unpaired) electrons. The first-order chi connectivity index (χ1) is 22.2. The molecular weight excluding hydrogens is 654 g/mol. The van der Waals surface area contributed by atoms with E-state index in [1.54, 1.807) is 48.5 Å². The fraction of sp³-hybridized carbons (Fsp3) is 0.0556. The molecule has 0 spiro atoms. The van der Waals surface area contributed by atoms with Crippen molar-refractivity contribution >= 4 is 45.4 Å². The monoisotopic (exact) mass is 676 g/mol. The van der Waals surface area contributed by atoms with Gasteiger partial charge in [-0.1, -0.05) is 60.7 Å². The van der Waals surface area contributed by atoms with Crippen LogP contribution >= 0.6 is 0 Å². The van der Waals surface area contributed by atoms with Crippen molar-refractivity contribution in [2.75, 3.05) is 0 Å². The number of carbonyl (C=O) groups is 4. The molecular formula is C36H24N2O8Zn. The van der Waals surface area contributed by atoms with Gasteiger partial charge in [0, 0.05) is 56.1 Å². The van der Waals surface area contributed by atoms with Gasteiger partial charge in [0.1, 0.15) is 0 Å². The second-order valence-electron chi connectivity index (χ2n) is 10.6. The molecule has 0 saturated heterocycles. The van der Waals surface area contributed by atoms with Gasteiger partial charge in [-0.3, -0.25) is 9.97 Å². The number of rotatable bonds is 9. The maximum atomic E-state index is 13.1. The standard InChI is InChI=1S/C36H24N2O8.Zn/c39-33(40)25-15-27(31(35(43)44)23-11-3-1-9-21(23)25)29(19-7-5-13-37-17-19)30(20-8-6-14-38-18-20)28-16-26(34(41)42)22-10-2-4-12-24(22)32(28)36(45)46;/h1-18,29-30H,(H,39,40)(H,41,42)(H,43,44)(H,45,46);. The van der Waals surface area contributed by atoms with Gasteiger partial charge in [0.05, 0.1) is 22.3 Å². The Balaban J connectivity index is 0.00000433. The molecule has 4 aromatic carbocycles. The summed E-state index contributed by atoms with van der Waals surface area (Å²) < 4.78 is 0. The van der Waals surface area contributed by atoms with Gasteiger partial charge in [0.25, 0.3) is 0 Å². The molecule has 0 amide bonds. The van der Waals surface area contributed by atoms with Gasteiger partial charge in [-0.05, 0) is 68.1 Å². The molecule has 2 unspecified atom stereocenters. The number of pyridine rings is 2. The van der Waals surface area contributed by atoms with Crippen molar-refractivity contribution < 1.29 is 59.1 Å². The summed E-state index contributed by atoms with van der Waals surface area (Å²) in [6.45, 7) is 0. The van der Waals surface area contributed by atoms with Crippen LogP contribution in [-0.2, 0) is 19.5 Å². The van der Waals surface area contributed by atoms with Crippen molar-refractivity contribution in [1.82, 2.24) is 9.97 Å². The van der Waals surface area contributed by atoms with E-state index in [1.165, 1.54) is 61.2 Å². The van der Waals surface area contributed by atoms with E-state index in [1.807, 2.05) is 0 Å². The van der Waals surface area contributed by atoms with Gasteiger partial charge in [0.15, 0.2) is 0 Å². The molecule has 47 heavy (non-hydrogen) atoms. The van der Waals surface area contributed by atoms with Gasteiger partial charge in [-0.15, -0.1) is 0 Å². The molecule has 10 nitrogen and oxygen atoms in total. The number of fused-ring (bicyclic) bond motifs is 2. The normalized spacial score (nSPS) is 12.2. The van der Waals surface area contributed by atoms with Crippen molar-refractivity contribution in [1.29, 1.82) is 0 Å². The molecule has 0 bridgehead atoms. The summed E-state index contributed by atoms with van der Waals surface area (Å²) in [7, 11) is 0. The minimum Gasteiger partial charge on any atom is -0.478 e. The smallest absolute Gasteiger partial charge is 0.336 e. The summed E-state index contributed by atoms with van der Waals surface area (Å²) in [6.07, 6.45) is 6.02. The summed E-state index contributed by atoms with van der Waals surface area (Å²) in [6, 6.07) is 21.7. The fourth-order valence-electron chi connectivity index (χ4n) is 6.34. The first-order valence-electron chi connectivity index (χ1n) is 14.0. The van der Waals surface area contributed by atoms with Gasteiger partial charge in [-0.25, -0.2) is 19.2 Å². The quantitative estimate of drug-likeness (QED) is 0.123. The van der Waals surface area contributed by atoms with Crippen LogP contribution in [0.1, 0.15) is 75.5 Å². The van der Waals surface area contributed by atoms with Crippen molar-refractivity contribution in [2.45, 2.75) is 11.8 Å². The second-order valence-corrected chi connectivity index (χ2v) is 10.6. The van der Waals surface area contributed by atoms with Crippen LogP contribution in [-0.4, -0.2) is 54.3 Å². The molecule has 2 atom stereocenters. The number of nitrogens with zero attached hydrogens (tertiary/aromatic N) is 2. The number of carboxylic acid groups (broad SMARTS) is 4. The molecule has 6 rings (SSSR count). The average Bonchev–Trinajstić information content (AvgIpc) is 3.06. The molecule has 4 N–H and O–H groups in total. The Bertz CT molecular complexity index is 2030. The molecule has 11 heteroatoms. The molecule has 0 saturated carbocycles. The van der Waals surface area contributed by atoms with Crippen LogP contribution in [0.5, 0.6) is 0 Å². The van der Waals surface area contributed by atoms with E-state index in [-0.39, 0.29) is 74.4 Å². The third kappa shape index (κ3) is 5.84. The number of hydrogen-bond acceptors (Lipinski definition) is 6. The Kier molecular flexibility index (Phi) is 9.21. The Labute approximate surface area is 279 Å².